The second-order valence-corrected chi connectivity index (χ2v) is 8.52. The van der Waals surface area contributed by atoms with Crippen LogP contribution in [0.15, 0.2) is 78.9 Å². The third-order valence-corrected chi connectivity index (χ3v) is 6.64. The minimum absolute atomic E-state index is 0.0846. The van der Waals surface area contributed by atoms with E-state index in [1.54, 1.807) is 4.90 Å². The van der Waals surface area contributed by atoms with Gasteiger partial charge in [-0.05, 0) is 49.4 Å². The number of benzene rings is 3. The van der Waals surface area contributed by atoms with E-state index in [0.29, 0.717) is 11.4 Å². The average molecular weight is 402 g/mol. The quantitative estimate of drug-likeness (QED) is 0.687. The summed E-state index contributed by atoms with van der Waals surface area (Å²) in [5.41, 5.74) is 2.23. The number of carbonyl (C=O) groups is 2. The van der Waals surface area contributed by atoms with Crippen LogP contribution in [-0.4, -0.2) is 17.1 Å². The molecule has 2 atom stereocenters. The van der Waals surface area contributed by atoms with Crippen LogP contribution in [0.1, 0.15) is 12.5 Å². The molecule has 1 fully saturated rings. The fraction of sp³-hybridized carbons (Fsp3) is 0.130. The number of nitrogens with zero attached hydrogens (tertiary/aromatic N) is 1. The molecule has 2 aliphatic heterocycles. The number of anilines is 2. The number of thioether (sulfide) groups is 1. The summed E-state index contributed by atoms with van der Waals surface area (Å²) in [6, 6.07) is 24.3. The Balaban J connectivity index is 1.54. The maximum absolute atomic E-state index is 13.1. The lowest BCUT2D eigenvalue weighted by atomic mass is 10.0. The molecule has 2 amide bonds. The Morgan fingerprint density at radius 2 is 1.55 bits per heavy atom. The van der Waals surface area contributed by atoms with Crippen molar-refractivity contribution in [3.8, 4) is 11.5 Å². The topological polar surface area (TPSA) is 58.6 Å². The number of rotatable bonds is 3. The van der Waals surface area contributed by atoms with Gasteiger partial charge in [0.05, 0.1) is 5.25 Å². The number of para-hydroxylation sites is 2. The smallest absolute Gasteiger partial charge is 0.266 e. The predicted molar refractivity (Wildman–Crippen MR) is 114 cm³/mol. The van der Waals surface area contributed by atoms with Gasteiger partial charge in [-0.3, -0.25) is 14.5 Å². The van der Waals surface area contributed by atoms with E-state index < -0.39 is 4.87 Å². The zero-order valence-corrected chi connectivity index (χ0v) is 16.5. The molecular weight excluding hydrogens is 384 g/mol. The maximum Gasteiger partial charge on any atom is 0.266 e. The molecule has 0 unspecified atom stereocenters. The molecule has 2 aliphatic rings. The first-order valence-corrected chi connectivity index (χ1v) is 10.2. The molecule has 0 aliphatic carbocycles. The van der Waals surface area contributed by atoms with Gasteiger partial charge < -0.3 is 10.1 Å². The number of ether oxygens (including phenoxy) is 1. The largest absolute Gasteiger partial charge is 0.457 e. The molecule has 29 heavy (non-hydrogen) atoms. The van der Waals surface area contributed by atoms with E-state index in [9.17, 15) is 9.59 Å². The Labute approximate surface area is 172 Å². The van der Waals surface area contributed by atoms with Gasteiger partial charge in [-0.25, -0.2) is 0 Å². The summed E-state index contributed by atoms with van der Waals surface area (Å²) in [7, 11) is 0. The lowest BCUT2D eigenvalue weighted by Crippen LogP contribution is -2.47. The van der Waals surface area contributed by atoms with Crippen LogP contribution >= 0.6 is 11.8 Å². The molecule has 3 aromatic rings. The third-order valence-electron chi connectivity index (χ3n) is 5.15. The van der Waals surface area contributed by atoms with Crippen molar-refractivity contribution in [2.24, 2.45) is 0 Å². The van der Waals surface area contributed by atoms with E-state index in [2.05, 4.69) is 5.32 Å². The van der Waals surface area contributed by atoms with Gasteiger partial charge in [0.2, 0.25) is 10.8 Å². The first-order valence-electron chi connectivity index (χ1n) is 9.35. The number of hydrogen-bond donors (Lipinski definition) is 1. The minimum Gasteiger partial charge on any atom is -0.457 e. The molecule has 0 radical (unpaired) electrons. The summed E-state index contributed by atoms with van der Waals surface area (Å²) < 4.78 is 5.85. The summed E-state index contributed by atoms with van der Waals surface area (Å²) in [4.78, 5) is 26.7. The van der Waals surface area contributed by atoms with Crippen LogP contribution in [0.25, 0.3) is 0 Å². The molecule has 1 saturated heterocycles. The second-order valence-electron chi connectivity index (χ2n) is 6.99. The lowest BCUT2D eigenvalue weighted by Gasteiger charge is -2.32. The van der Waals surface area contributed by atoms with Crippen molar-refractivity contribution in [2.45, 2.75) is 17.0 Å². The molecule has 144 valence electrons. The summed E-state index contributed by atoms with van der Waals surface area (Å²) in [5.74, 6) is 1.13. The van der Waals surface area contributed by atoms with E-state index in [1.165, 1.54) is 11.8 Å². The van der Waals surface area contributed by atoms with Gasteiger partial charge >= 0.3 is 0 Å². The van der Waals surface area contributed by atoms with Crippen molar-refractivity contribution in [1.29, 1.82) is 0 Å². The van der Waals surface area contributed by atoms with Gasteiger partial charge in [0.1, 0.15) is 11.5 Å². The van der Waals surface area contributed by atoms with Crippen molar-refractivity contribution in [3.05, 3.63) is 84.4 Å². The Kier molecular flexibility index (Phi) is 4.10. The van der Waals surface area contributed by atoms with Gasteiger partial charge in [-0.1, -0.05) is 36.4 Å². The number of nitrogens with one attached hydrogen (secondary N) is 1. The lowest BCUT2D eigenvalue weighted by molar-refractivity contribution is -0.122. The SMILES string of the molecule is C[C@H]1S[C@@]2(C(=O)Nc3ccccc32)N(c2ccc(Oc3ccccc3)cc2)C1=O. The van der Waals surface area contributed by atoms with Crippen LogP contribution in [0.3, 0.4) is 0 Å². The summed E-state index contributed by atoms with van der Waals surface area (Å²) in [5, 5.41) is 2.61. The highest BCUT2D eigenvalue weighted by Gasteiger charge is 2.60. The van der Waals surface area contributed by atoms with Gasteiger partial charge in [-0.15, -0.1) is 11.8 Å². The molecule has 0 aromatic heterocycles. The van der Waals surface area contributed by atoms with Gasteiger partial charge in [-0.2, -0.15) is 0 Å². The molecule has 2 heterocycles. The van der Waals surface area contributed by atoms with Crippen LogP contribution in [0.2, 0.25) is 0 Å². The monoisotopic (exact) mass is 402 g/mol. The highest BCUT2D eigenvalue weighted by molar-refractivity contribution is 8.03. The van der Waals surface area contributed by atoms with Gasteiger partial charge in [0.25, 0.3) is 5.91 Å². The van der Waals surface area contributed by atoms with Crippen molar-refractivity contribution in [3.63, 3.8) is 0 Å². The summed E-state index contributed by atoms with van der Waals surface area (Å²) in [6.45, 7) is 1.84. The molecule has 0 bridgehead atoms. The van der Waals surface area contributed by atoms with E-state index in [-0.39, 0.29) is 17.1 Å². The molecular formula is C23H18N2O3S. The summed E-state index contributed by atoms with van der Waals surface area (Å²) in [6.07, 6.45) is 0. The van der Waals surface area contributed by atoms with E-state index in [1.807, 2.05) is 85.8 Å². The zero-order chi connectivity index (χ0) is 20.0. The predicted octanol–water partition coefficient (Wildman–Crippen LogP) is 4.75. The van der Waals surface area contributed by atoms with Crippen molar-refractivity contribution in [2.75, 3.05) is 10.2 Å². The third kappa shape index (κ3) is 2.71. The Bertz CT molecular complexity index is 1100. The maximum atomic E-state index is 13.1. The molecule has 5 nitrogen and oxygen atoms in total. The number of fused-ring (bicyclic) bond motifs is 2. The first-order chi connectivity index (χ1) is 14.1. The Morgan fingerprint density at radius 3 is 2.31 bits per heavy atom. The highest BCUT2D eigenvalue weighted by Crippen LogP contribution is 2.56. The van der Waals surface area contributed by atoms with Crippen LogP contribution in [0.4, 0.5) is 11.4 Å². The van der Waals surface area contributed by atoms with Gasteiger partial charge in [0.15, 0.2) is 0 Å². The Hall–Kier alpha value is -3.25. The highest BCUT2D eigenvalue weighted by atomic mass is 32.2. The second kappa shape index (κ2) is 6.67. The summed E-state index contributed by atoms with van der Waals surface area (Å²) >= 11 is 1.38. The fourth-order valence-corrected chi connectivity index (χ4v) is 5.33. The minimum atomic E-state index is -1.09. The van der Waals surface area contributed by atoms with E-state index in [0.717, 1.165) is 17.0 Å². The van der Waals surface area contributed by atoms with E-state index in [4.69, 9.17) is 4.74 Å². The van der Waals surface area contributed by atoms with Crippen LogP contribution in [-0.2, 0) is 14.5 Å². The average Bonchev–Trinajstić information content (AvgIpc) is 3.17. The number of amides is 2. The molecule has 1 N–H and O–H groups in total. The van der Waals surface area contributed by atoms with Crippen LogP contribution < -0.4 is 15.0 Å². The normalized spacial score (nSPS) is 22.7. The zero-order valence-electron chi connectivity index (χ0n) is 15.7. The fourth-order valence-electron chi connectivity index (χ4n) is 3.85. The number of carbonyl (C=O) groups excluding carboxylic acids is 2. The van der Waals surface area contributed by atoms with Crippen molar-refractivity contribution in [1.82, 2.24) is 0 Å². The van der Waals surface area contributed by atoms with Crippen molar-refractivity contribution < 1.29 is 14.3 Å². The number of hydrogen-bond acceptors (Lipinski definition) is 4. The Morgan fingerprint density at radius 1 is 0.897 bits per heavy atom. The van der Waals surface area contributed by atoms with E-state index >= 15 is 0 Å². The molecule has 0 saturated carbocycles. The van der Waals surface area contributed by atoms with Crippen molar-refractivity contribution >= 4 is 35.0 Å². The molecule has 5 rings (SSSR count). The van der Waals surface area contributed by atoms with Crippen LogP contribution in [0.5, 0.6) is 11.5 Å². The first kappa shape index (κ1) is 17.8. The molecule has 6 heteroatoms. The van der Waals surface area contributed by atoms with Crippen LogP contribution in [0, 0.1) is 0 Å². The molecule has 1 spiro atoms. The standard InChI is InChI=1S/C23H18N2O3S/c1-15-21(26)25(23(29-15)19-9-5-6-10-20(19)24-22(23)27)16-11-13-18(14-12-16)28-17-7-3-2-4-8-17/h2-15H,1H3,(H,24,27)/t15-,23+/m1/s1. The van der Waals surface area contributed by atoms with Gasteiger partial charge in [0, 0.05) is 16.9 Å². The molecule has 3 aromatic carbocycles.